The van der Waals surface area contributed by atoms with Crippen molar-refractivity contribution in [2.75, 3.05) is 11.9 Å². The first-order valence-corrected chi connectivity index (χ1v) is 9.50. The topological polar surface area (TPSA) is 93.8 Å². The molecule has 0 aliphatic carbocycles. The minimum absolute atomic E-state index is 0.218. The molecule has 0 atom stereocenters. The van der Waals surface area contributed by atoms with Crippen molar-refractivity contribution >= 4 is 17.5 Å². The number of carbonyl (C=O) groups is 2. The fraction of sp³-hybridized carbons (Fsp3) is 0.0909. The van der Waals surface area contributed by atoms with Crippen LogP contribution in [0, 0.1) is 12.7 Å². The summed E-state index contributed by atoms with van der Waals surface area (Å²) in [6.07, 6.45) is 4.85. The summed E-state index contributed by atoms with van der Waals surface area (Å²) in [4.78, 5) is 24.7. The third kappa shape index (κ3) is 4.35. The van der Waals surface area contributed by atoms with Gasteiger partial charge >= 0.3 is 0 Å². The molecule has 0 radical (unpaired) electrons. The minimum Gasteiger partial charge on any atom is -0.343 e. The zero-order valence-electron chi connectivity index (χ0n) is 16.6. The van der Waals surface area contributed by atoms with Crippen LogP contribution in [0.3, 0.4) is 0 Å². The molecule has 0 unspecified atom stereocenters. The first kappa shape index (κ1) is 20.0. The molecule has 4 aromatic rings. The van der Waals surface area contributed by atoms with E-state index in [4.69, 9.17) is 0 Å². The molecule has 8 nitrogen and oxygen atoms in total. The fourth-order valence-electron chi connectivity index (χ4n) is 3.08. The highest BCUT2D eigenvalue weighted by atomic mass is 19.1. The Morgan fingerprint density at radius 3 is 2.52 bits per heavy atom. The molecule has 0 bridgehead atoms. The number of rotatable bonds is 6. The Balaban J connectivity index is 1.36. The standard InChI is InChI=1S/C22H19FN6O2/c1-15-18(13-26-29(15)20-6-3-2-5-19(20)23)22(31)24-14-21(30)27-16-7-9-17(10-8-16)28-12-4-11-25-28/h2-13H,14H2,1H3,(H,24,31)(H,27,30). The molecule has 156 valence electrons. The average molecular weight is 418 g/mol. The van der Waals surface area contributed by atoms with Crippen molar-refractivity contribution in [3.05, 3.63) is 90.3 Å². The lowest BCUT2D eigenvalue weighted by Crippen LogP contribution is -2.33. The zero-order valence-corrected chi connectivity index (χ0v) is 16.6. The van der Waals surface area contributed by atoms with E-state index in [-0.39, 0.29) is 23.7 Å². The average Bonchev–Trinajstić information content (AvgIpc) is 3.43. The number of hydrogen-bond acceptors (Lipinski definition) is 4. The molecule has 0 spiro atoms. The zero-order chi connectivity index (χ0) is 21.8. The molecule has 0 fully saturated rings. The van der Waals surface area contributed by atoms with Crippen LogP contribution in [0.4, 0.5) is 10.1 Å². The number of halogens is 1. The number of anilines is 1. The maximum atomic E-state index is 14.0. The van der Waals surface area contributed by atoms with Gasteiger partial charge in [-0.25, -0.2) is 13.8 Å². The Morgan fingerprint density at radius 1 is 1.03 bits per heavy atom. The summed E-state index contributed by atoms with van der Waals surface area (Å²) in [7, 11) is 0. The summed E-state index contributed by atoms with van der Waals surface area (Å²) in [6.45, 7) is 1.44. The van der Waals surface area contributed by atoms with Crippen LogP contribution >= 0.6 is 0 Å². The Morgan fingerprint density at radius 2 is 1.81 bits per heavy atom. The van der Waals surface area contributed by atoms with E-state index >= 15 is 0 Å². The molecule has 2 aromatic carbocycles. The van der Waals surface area contributed by atoms with Crippen LogP contribution in [-0.4, -0.2) is 37.9 Å². The summed E-state index contributed by atoms with van der Waals surface area (Å²) in [6, 6.07) is 15.1. The summed E-state index contributed by atoms with van der Waals surface area (Å²) in [5.74, 6) is -1.29. The lowest BCUT2D eigenvalue weighted by Gasteiger charge is -2.09. The maximum Gasteiger partial charge on any atom is 0.255 e. The first-order valence-electron chi connectivity index (χ1n) is 9.50. The normalized spacial score (nSPS) is 10.6. The summed E-state index contributed by atoms with van der Waals surface area (Å²) < 4.78 is 17.1. The Labute approximate surface area is 177 Å². The molecule has 2 heterocycles. The maximum absolute atomic E-state index is 14.0. The van der Waals surface area contributed by atoms with Crippen LogP contribution in [0.2, 0.25) is 0 Å². The van der Waals surface area contributed by atoms with E-state index in [0.29, 0.717) is 11.4 Å². The molecule has 0 saturated carbocycles. The van der Waals surface area contributed by atoms with E-state index < -0.39 is 11.7 Å². The van der Waals surface area contributed by atoms with Gasteiger partial charge in [0.15, 0.2) is 0 Å². The Bertz CT molecular complexity index is 1220. The molecule has 31 heavy (non-hydrogen) atoms. The van der Waals surface area contributed by atoms with Crippen molar-refractivity contribution in [2.45, 2.75) is 6.92 Å². The van der Waals surface area contributed by atoms with Crippen molar-refractivity contribution in [3.63, 3.8) is 0 Å². The third-order valence-corrected chi connectivity index (χ3v) is 4.66. The highest BCUT2D eigenvalue weighted by molar-refractivity contribution is 5.99. The number of nitrogens with zero attached hydrogens (tertiary/aromatic N) is 4. The van der Waals surface area contributed by atoms with E-state index in [2.05, 4.69) is 20.8 Å². The van der Waals surface area contributed by atoms with Crippen LogP contribution in [-0.2, 0) is 4.79 Å². The third-order valence-electron chi connectivity index (χ3n) is 4.66. The molecule has 2 aromatic heterocycles. The molecular weight excluding hydrogens is 399 g/mol. The Kier molecular flexibility index (Phi) is 5.57. The summed E-state index contributed by atoms with van der Waals surface area (Å²) >= 11 is 0. The van der Waals surface area contributed by atoms with E-state index in [1.54, 1.807) is 48.1 Å². The Hall–Kier alpha value is -4.27. The fourth-order valence-corrected chi connectivity index (χ4v) is 3.08. The quantitative estimate of drug-likeness (QED) is 0.504. The predicted molar refractivity (Wildman–Crippen MR) is 113 cm³/mol. The number of hydrogen-bond donors (Lipinski definition) is 2. The SMILES string of the molecule is Cc1c(C(=O)NCC(=O)Nc2ccc(-n3cccn3)cc2)cnn1-c1ccccc1F. The van der Waals surface area contributed by atoms with Gasteiger partial charge in [-0.2, -0.15) is 10.2 Å². The summed E-state index contributed by atoms with van der Waals surface area (Å²) in [5.41, 5.74) is 2.43. The van der Waals surface area contributed by atoms with Crippen LogP contribution in [0.1, 0.15) is 16.1 Å². The van der Waals surface area contributed by atoms with E-state index in [1.165, 1.54) is 16.9 Å². The minimum atomic E-state index is -0.468. The van der Waals surface area contributed by atoms with Gasteiger partial charge in [-0.3, -0.25) is 9.59 Å². The van der Waals surface area contributed by atoms with Crippen LogP contribution in [0.15, 0.2) is 73.2 Å². The second kappa shape index (κ2) is 8.62. The van der Waals surface area contributed by atoms with Gasteiger partial charge in [-0.15, -0.1) is 0 Å². The molecule has 0 aliphatic rings. The molecule has 0 aliphatic heterocycles. The largest absolute Gasteiger partial charge is 0.343 e. The van der Waals surface area contributed by atoms with Gasteiger partial charge in [0.1, 0.15) is 11.5 Å². The van der Waals surface area contributed by atoms with Gasteiger partial charge in [0, 0.05) is 18.1 Å². The highest BCUT2D eigenvalue weighted by Crippen LogP contribution is 2.17. The van der Waals surface area contributed by atoms with Gasteiger partial charge in [0.05, 0.1) is 29.7 Å². The van der Waals surface area contributed by atoms with Gasteiger partial charge < -0.3 is 10.6 Å². The predicted octanol–water partition coefficient (Wildman–Crippen LogP) is 2.87. The monoisotopic (exact) mass is 418 g/mol. The molecule has 4 rings (SSSR count). The highest BCUT2D eigenvalue weighted by Gasteiger charge is 2.17. The van der Waals surface area contributed by atoms with Crippen molar-refractivity contribution in [2.24, 2.45) is 0 Å². The summed E-state index contributed by atoms with van der Waals surface area (Å²) in [5, 5.41) is 13.5. The van der Waals surface area contributed by atoms with E-state index in [1.807, 2.05) is 24.4 Å². The lowest BCUT2D eigenvalue weighted by molar-refractivity contribution is -0.115. The second-order valence-electron chi connectivity index (χ2n) is 6.74. The van der Waals surface area contributed by atoms with Crippen molar-refractivity contribution in [1.29, 1.82) is 0 Å². The molecule has 2 amide bonds. The number of benzene rings is 2. The van der Waals surface area contributed by atoms with Crippen LogP contribution in [0.5, 0.6) is 0 Å². The second-order valence-corrected chi connectivity index (χ2v) is 6.74. The van der Waals surface area contributed by atoms with E-state index in [0.717, 1.165) is 5.69 Å². The van der Waals surface area contributed by atoms with Crippen LogP contribution < -0.4 is 10.6 Å². The first-order chi connectivity index (χ1) is 15.0. The number of para-hydroxylation sites is 1. The molecule has 9 heteroatoms. The van der Waals surface area contributed by atoms with Crippen LogP contribution in [0.25, 0.3) is 11.4 Å². The van der Waals surface area contributed by atoms with Gasteiger partial charge in [0.2, 0.25) is 5.91 Å². The van der Waals surface area contributed by atoms with Gasteiger partial charge in [0.25, 0.3) is 5.91 Å². The number of amides is 2. The van der Waals surface area contributed by atoms with Crippen molar-refractivity contribution in [3.8, 4) is 11.4 Å². The number of nitrogens with one attached hydrogen (secondary N) is 2. The van der Waals surface area contributed by atoms with Crippen molar-refractivity contribution < 1.29 is 14.0 Å². The van der Waals surface area contributed by atoms with Crippen molar-refractivity contribution in [1.82, 2.24) is 24.9 Å². The lowest BCUT2D eigenvalue weighted by atomic mass is 10.2. The smallest absolute Gasteiger partial charge is 0.255 e. The number of carbonyl (C=O) groups excluding carboxylic acids is 2. The molecule has 2 N–H and O–H groups in total. The molecular formula is C22H19FN6O2. The van der Waals surface area contributed by atoms with Gasteiger partial charge in [-0.05, 0) is 49.4 Å². The van der Waals surface area contributed by atoms with Gasteiger partial charge in [-0.1, -0.05) is 12.1 Å². The number of aromatic nitrogens is 4. The van der Waals surface area contributed by atoms with E-state index in [9.17, 15) is 14.0 Å². The molecule has 0 saturated heterocycles.